The van der Waals surface area contributed by atoms with Gasteiger partial charge in [-0.2, -0.15) is 11.8 Å². The summed E-state index contributed by atoms with van der Waals surface area (Å²) < 4.78 is 0. The minimum Gasteiger partial charge on any atom is -0.355 e. The molecule has 3 rings (SSSR count). The summed E-state index contributed by atoms with van der Waals surface area (Å²) in [7, 11) is 0. The van der Waals surface area contributed by atoms with Crippen LogP contribution in [0.3, 0.4) is 0 Å². The second-order valence-corrected chi connectivity index (χ2v) is 7.74. The Labute approximate surface area is 142 Å². The van der Waals surface area contributed by atoms with Crippen LogP contribution in [0.15, 0.2) is 30.3 Å². The van der Waals surface area contributed by atoms with E-state index in [1.165, 1.54) is 18.6 Å². The van der Waals surface area contributed by atoms with Gasteiger partial charge in [-0.15, -0.1) is 0 Å². The van der Waals surface area contributed by atoms with Gasteiger partial charge in [-0.05, 0) is 43.6 Å². The fourth-order valence-corrected chi connectivity index (χ4v) is 4.50. The minimum absolute atomic E-state index is 0.0365. The van der Waals surface area contributed by atoms with Gasteiger partial charge in [0.1, 0.15) is 0 Å². The third-order valence-corrected chi connectivity index (χ3v) is 6.03. The maximum atomic E-state index is 12.5. The molecule has 1 aromatic rings. The van der Waals surface area contributed by atoms with Crippen LogP contribution in [-0.2, 0) is 4.79 Å². The number of piperidine rings is 1. The van der Waals surface area contributed by atoms with Crippen molar-refractivity contribution in [2.75, 3.05) is 25.4 Å². The number of nitrogens with zero attached hydrogens (tertiary/aromatic N) is 1. The molecule has 0 radical (unpaired) electrons. The van der Waals surface area contributed by atoms with Crippen LogP contribution in [0.5, 0.6) is 0 Å². The zero-order valence-electron chi connectivity index (χ0n) is 13.4. The first kappa shape index (κ1) is 16.4. The maximum absolute atomic E-state index is 12.5. The highest BCUT2D eigenvalue weighted by atomic mass is 32.2. The van der Waals surface area contributed by atoms with Gasteiger partial charge in [0.2, 0.25) is 5.91 Å². The van der Waals surface area contributed by atoms with Gasteiger partial charge in [0.05, 0.1) is 5.92 Å². The Hall–Kier alpha value is -1.49. The molecule has 1 N–H and O–H groups in total. The highest BCUT2D eigenvalue weighted by Gasteiger charge is 2.29. The SMILES string of the molecule is O=C(NCC1CCCS1)C1CCCN(C(=O)c2ccccc2)C1. The van der Waals surface area contributed by atoms with E-state index in [4.69, 9.17) is 0 Å². The van der Waals surface area contributed by atoms with Gasteiger partial charge >= 0.3 is 0 Å². The Morgan fingerprint density at radius 2 is 2.00 bits per heavy atom. The first-order valence-electron chi connectivity index (χ1n) is 8.47. The van der Waals surface area contributed by atoms with E-state index >= 15 is 0 Å². The molecule has 2 heterocycles. The first-order valence-corrected chi connectivity index (χ1v) is 9.52. The summed E-state index contributed by atoms with van der Waals surface area (Å²) in [5, 5.41) is 3.67. The van der Waals surface area contributed by atoms with E-state index in [9.17, 15) is 9.59 Å². The van der Waals surface area contributed by atoms with Gasteiger partial charge in [0.15, 0.2) is 0 Å². The van der Waals surface area contributed by atoms with Crippen molar-refractivity contribution in [3.8, 4) is 0 Å². The Morgan fingerprint density at radius 1 is 1.17 bits per heavy atom. The van der Waals surface area contributed by atoms with Crippen molar-refractivity contribution in [2.45, 2.75) is 30.9 Å². The molecule has 5 heteroatoms. The second kappa shape index (κ2) is 7.86. The van der Waals surface area contributed by atoms with E-state index < -0.39 is 0 Å². The normalized spacial score (nSPS) is 24.4. The van der Waals surface area contributed by atoms with Gasteiger partial charge in [-0.25, -0.2) is 0 Å². The van der Waals surface area contributed by atoms with E-state index in [1.54, 1.807) is 0 Å². The van der Waals surface area contributed by atoms with E-state index in [2.05, 4.69) is 5.32 Å². The second-order valence-electron chi connectivity index (χ2n) is 6.34. The highest BCUT2D eigenvalue weighted by Crippen LogP contribution is 2.25. The first-order chi connectivity index (χ1) is 11.2. The molecule has 0 aliphatic carbocycles. The number of carbonyl (C=O) groups is 2. The van der Waals surface area contributed by atoms with E-state index in [0.717, 1.165) is 25.9 Å². The lowest BCUT2D eigenvalue weighted by molar-refractivity contribution is -0.126. The summed E-state index contributed by atoms with van der Waals surface area (Å²) in [6.45, 7) is 2.06. The van der Waals surface area contributed by atoms with Crippen LogP contribution in [0, 0.1) is 5.92 Å². The van der Waals surface area contributed by atoms with Crippen molar-refractivity contribution in [2.24, 2.45) is 5.92 Å². The quantitative estimate of drug-likeness (QED) is 0.922. The van der Waals surface area contributed by atoms with E-state index in [0.29, 0.717) is 17.4 Å². The molecule has 1 aromatic carbocycles. The molecular formula is C18H24N2O2S. The van der Waals surface area contributed by atoms with Gasteiger partial charge in [-0.1, -0.05) is 18.2 Å². The predicted octanol–water partition coefficient (Wildman–Crippen LogP) is 2.55. The molecule has 2 fully saturated rings. The lowest BCUT2D eigenvalue weighted by Gasteiger charge is -2.32. The zero-order chi connectivity index (χ0) is 16.1. The number of rotatable bonds is 4. The van der Waals surface area contributed by atoms with Crippen LogP contribution in [0.4, 0.5) is 0 Å². The number of benzene rings is 1. The largest absolute Gasteiger partial charge is 0.355 e. The molecule has 2 amide bonds. The molecule has 2 aliphatic rings. The van der Waals surface area contributed by atoms with Crippen LogP contribution < -0.4 is 5.32 Å². The number of likely N-dealkylation sites (tertiary alicyclic amines) is 1. The smallest absolute Gasteiger partial charge is 0.253 e. The molecule has 0 bridgehead atoms. The molecular weight excluding hydrogens is 308 g/mol. The molecule has 2 aliphatic heterocycles. The van der Waals surface area contributed by atoms with Gasteiger partial charge in [0.25, 0.3) is 5.91 Å². The number of thioether (sulfide) groups is 1. The molecule has 0 spiro atoms. The number of hydrogen-bond acceptors (Lipinski definition) is 3. The average molecular weight is 332 g/mol. The molecule has 4 nitrogen and oxygen atoms in total. The number of carbonyl (C=O) groups excluding carboxylic acids is 2. The standard InChI is InChI=1S/C18H24N2O2S/c21-17(19-12-16-9-5-11-23-16)15-8-4-10-20(13-15)18(22)14-6-2-1-3-7-14/h1-3,6-7,15-16H,4-5,8-13H2,(H,19,21). The van der Waals surface area contributed by atoms with Gasteiger partial charge < -0.3 is 10.2 Å². The van der Waals surface area contributed by atoms with Crippen molar-refractivity contribution in [1.82, 2.24) is 10.2 Å². The Morgan fingerprint density at radius 3 is 2.74 bits per heavy atom. The summed E-state index contributed by atoms with van der Waals surface area (Å²) in [6.07, 6.45) is 4.24. The van der Waals surface area contributed by atoms with Crippen molar-refractivity contribution in [3.63, 3.8) is 0 Å². The average Bonchev–Trinajstić information content (AvgIpc) is 3.13. The van der Waals surface area contributed by atoms with Crippen LogP contribution >= 0.6 is 11.8 Å². The Balaban J connectivity index is 1.53. The van der Waals surface area contributed by atoms with Crippen molar-refractivity contribution < 1.29 is 9.59 Å². The monoisotopic (exact) mass is 332 g/mol. The number of amides is 2. The Kier molecular flexibility index (Phi) is 5.60. The number of hydrogen-bond donors (Lipinski definition) is 1. The summed E-state index contributed by atoms with van der Waals surface area (Å²) in [5.74, 6) is 1.30. The number of nitrogens with one attached hydrogen (secondary N) is 1. The highest BCUT2D eigenvalue weighted by molar-refractivity contribution is 8.00. The summed E-state index contributed by atoms with van der Waals surface area (Å²) >= 11 is 1.95. The van der Waals surface area contributed by atoms with Crippen molar-refractivity contribution in [1.29, 1.82) is 0 Å². The third-order valence-electron chi connectivity index (χ3n) is 4.63. The van der Waals surface area contributed by atoms with Crippen molar-refractivity contribution in [3.05, 3.63) is 35.9 Å². The Bertz CT molecular complexity index is 543. The topological polar surface area (TPSA) is 49.4 Å². The molecule has 23 heavy (non-hydrogen) atoms. The molecule has 2 unspecified atom stereocenters. The molecule has 0 saturated carbocycles. The molecule has 124 valence electrons. The summed E-state index contributed by atoms with van der Waals surface area (Å²) in [6, 6.07) is 9.33. The molecule has 0 aromatic heterocycles. The zero-order valence-corrected chi connectivity index (χ0v) is 14.2. The van der Waals surface area contributed by atoms with Gasteiger partial charge in [-0.3, -0.25) is 9.59 Å². The van der Waals surface area contributed by atoms with Gasteiger partial charge in [0, 0.05) is 30.4 Å². The van der Waals surface area contributed by atoms with Crippen LogP contribution in [0.2, 0.25) is 0 Å². The van der Waals surface area contributed by atoms with Crippen LogP contribution in [-0.4, -0.2) is 47.4 Å². The van der Waals surface area contributed by atoms with E-state index in [1.807, 2.05) is 47.0 Å². The summed E-state index contributed by atoms with van der Waals surface area (Å²) in [5.41, 5.74) is 0.705. The third kappa shape index (κ3) is 4.28. The fraction of sp³-hybridized carbons (Fsp3) is 0.556. The lowest BCUT2D eigenvalue weighted by Crippen LogP contribution is -2.46. The van der Waals surface area contributed by atoms with Crippen LogP contribution in [0.1, 0.15) is 36.0 Å². The predicted molar refractivity (Wildman–Crippen MR) is 93.6 cm³/mol. The lowest BCUT2D eigenvalue weighted by atomic mass is 9.96. The fourth-order valence-electron chi connectivity index (χ4n) is 3.30. The molecule has 2 saturated heterocycles. The van der Waals surface area contributed by atoms with Crippen molar-refractivity contribution >= 4 is 23.6 Å². The minimum atomic E-state index is -0.0668. The van der Waals surface area contributed by atoms with Crippen LogP contribution in [0.25, 0.3) is 0 Å². The summed E-state index contributed by atoms with van der Waals surface area (Å²) in [4.78, 5) is 26.8. The maximum Gasteiger partial charge on any atom is 0.253 e. The van der Waals surface area contributed by atoms with E-state index in [-0.39, 0.29) is 17.7 Å². The molecule has 2 atom stereocenters.